The van der Waals surface area contributed by atoms with Gasteiger partial charge in [-0.15, -0.1) is 0 Å². The number of benzene rings is 1. The Balaban J connectivity index is 3.01. The van der Waals surface area contributed by atoms with E-state index in [4.69, 9.17) is 0 Å². The van der Waals surface area contributed by atoms with Crippen LogP contribution < -0.4 is 0 Å². The molecule has 1 rings (SSSR count). The van der Waals surface area contributed by atoms with Crippen molar-refractivity contribution in [2.45, 2.75) is 0 Å². The molecule has 0 aromatic heterocycles. The summed E-state index contributed by atoms with van der Waals surface area (Å²) in [5, 5.41) is 1.51. The molecule has 0 spiro atoms. The van der Waals surface area contributed by atoms with E-state index in [1.807, 2.05) is 0 Å². The van der Waals surface area contributed by atoms with Crippen LogP contribution in [0, 0.1) is 5.82 Å². The van der Waals surface area contributed by atoms with Gasteiger partial charge in [-0.25, -0.2) is 4.39 Å². The summed E-state index contributed by atoms with van der Waals surface area (Å²) in [6.45, 7) is 0. The van der Waals surface area contributed by atoms with E-state index in [1.165, 1.54) is 17.5 Å². The summed E-state index contributed by atoms with van der Waals surface area (Å²) in [5.74, 6) is -0.226. The predicted octanol–water partition coefficient (Wildman–Crippen LogP) is 2.17. The molecule has 0 aliphatic rings. The van der Waals surface area contributed by atoms with Gasteiger partial charge in [-0.05, 0) is 17.7 Å². The number of rotatable bonds is 1. The molecular weight excluding hydrogens is 135 g/mol. The average Bonchev–Trinajstić information content (AvgIpc) is 1.90. The van der Waals surface area contributed by atoms with Gasteiger partial charge in [-0.1, -0.05) is 24.4 Å². The molecule has 0 radical (unpaired) electrons. The molecule has 46 valence electrons. The average molecular weight is 140 g/mol. The van der Waals surface area contributed by atoms with Gasteiger partial charge in [-0.2, -0.15) is 0 Å². The van der Waals surface area contributed by atoms with Crippen molar-refractivity contribution in [1.29, 1.82) is 0 Å². The minimum atomic E-state index is -0.226. The lowest BCUT2D eigenvalue weighted by molar-refractivity contribution is 0.628. The molecule has 0 fully saturated rings. The highest BCUT2D eigenvalue weighted by atomic mass is 32.1. The SMILES string of the molecule is Fc1ccc(C=S)cc1. The molecule has 0 nitrogen and oxygen atoms in total. The summed E-state index contributed by atoms with van der Waals surface area (Å²) in [6.07, 6.45) is 0. The maximum atomic E-state index is 12.2. The Hall–Kier alpha value is -0.760. The quantitative estimate of drug-likeness (QED) is 0.539. The monoisotopic (exact) mass is 140 g/mol. The molecule has 1 aromatic carbocycles. The lowest BCUT2D eigenvalue weighted by atomic mass is 10.2. The second-order valence-corrected chi connectivity index (χ2v) is 1.91. The molecule has 0 saturated carbocycles. The summed E-state index contributed by atoms with van der Waals surface area (Å²) < 4.78 is 12.2. The van der Waals surface area contributed by atoms with Crippen LogP contribution in [0.25, 0.3) is 0 Å². The smallest absolute Gasteiger partial charge is 0.123 e. The van der Waals surface area contributed by atoms with Crippen LogP contribution in [0.15, 0.2) is 24.3 Å². The van der Waals surface area contributed by atoms with Gasteiger partial charge in [0.2, 0.25) is 0 Å². The predicted molar refractivity (Wildman–Crippen MR) is 39.2 cm³/mol. The van der Waals surface area contributed by atoms with E-state index in [0.717, 1.165) is 5.56 Å². The maximum absolute atomic E-state index is 12.2. The Bertz CT molecular complexity index is 203. The Labute approximate surface area is 58.3 Å². The molecule has 0 saturated heterocycles. The Kier molecular flexibility index (Phi) is 1.90. The molecule has 0 unspecified atom stereocenters. The zero-order valence-corrected chi connectivity index (χ0v) is 5.49. The molecular formula is C7H5FS. The zero-order valence-electron chi connectivity index (χ0n) is 4.67. The first kappa shape index (κ1) is 6.36. The Morgan fingerprint density at radius 1 is 1.22 bits per heavy atom. The van der Waals surface area contributed by atoms with Crippen LogP contribution in [-0.4, -0.2) is 5.37 Å². The van der Waals surface area contributed by atoms with Gasteiger partial charge in [-0.3, -0.25) is 0 Å². The van der Waals surface area contributed by atoms with Gasteiger partial charge >= 0.3 is 0 Å². The molecule has 0 amide bonds. The lowest BCUT2D eigenvalue weighted by Gasteiger charge is -1.87. The van der Waals surface area contributed by atoms with E-state index < -0.39 is 0 Å². The topological polar surface area (TPSA) is 0 Å². The third-order valence-electron chi connectivity index (χ3n) is 1.01. The summed E-state index contributed by atoms with van der Waals surface area (Å²) in [5.41, 5.74) is 0.867. The molecule has 0 aliphatic carbocycles. The Morgan fingerprint density at radius 3 is 2.22 bits per heavy atom. The van der Waals surface area contributed by atoms with Crippen LogP contribution in [0.2, 0.25) is 0 Å². The van der Waals surface area contributed by atoms with Crippen molar-refractivity contribution in [3.8, 4) is 0 Å². The fraction of sp³-hybridized carbons (Fsp3) is 0. The fourth-order valence-corrected chi connectivity index (χ4v) is 0.698. The van der Waals surface area contributed by atoms with Crippen LogP contribution in [0.4, 0.5) is 4.39 Å². The second-order valence-electron chi connectivity index (χ2n) is 1.67. The van der Waals surface area contributed by atoms with Gasteiger partial charge in [0.25, 0.3) is 0 Å². The first-order chi connectivity index (χ1) is 4.33. The van der Waals surface area contributed by atoms with Crippen LogP contribution in [0.5, 0.6) is 0 Å². The largest absolute Gasteiger partial charge is 0.207 e. The highest BCUT2D eigenvalue weighted by Gasteiger charge is 1.86. The summed E-state index contributed by atoms with van der Waals surface area (Å²) in [4.78, 5) is 0. The number of hydrogen-bond donors (Lipinski definition) is 0. The maximum Gasteiger partial charge on any atom is 0.123 e. The van der Waals surface area contributed by atoms with Crippen LogP contribution in [0.1, 0.15) is 5.56 Å². The summed E-state index contributed by atoms with van der Waals surface area (Å²) in [7, 11) is 0. The van der Waals surface area contributed by atoms with Crippen molar-refractivity contribution < 1.29 is 4.39 Å². The van der Waals surface area contributed by atoms with Gasteiger partial charge < -0.3 is 0 Å². The first-order valence-electron chi connectivity index (χ1n) is 2.53. The zero-order chi connectivity index (χ0) is 6.69. The lowest BCUT2D eigenvalue weighted by Crippen LogP contribution is -1.77. The third-order valence-corrected chi connectivity index (χ3v) is 1.28. The molecule has 9 heavy (non-hydrogen) atoms. The molecule has 0 aliphatic heterocycles. The van der Waals surface area contributed by atoms with Crippen molar-refractivity contribution in [2.75, 3.05) is 0 Å². The van der Waals surface area contributed by atoms with E-state index in [2.05, 4.69) is 12.2 Å². The summed E-state index contributed by atoms with van der Waals surface area (Å²) >= 11 is 4.61. The van der Waals surface area contributed by atoms with E-state index >= 15 is 0 Å². The van der Waals surface area contributed by atoms with Crippen LogP contribution >= 0.6 is 12.2 Å². The van der Waals surface area contributed by atoms with E-state index in [-0.39, 0.29) is 5.82 Å². The minimum absolute atomic E-state index is 0.226. The van der Waals surface area contributed by atoms with Crippen molar-refractivity contribution in [3.63, 3.8) is 0 Å². The van der Waals surface area contributed by atoms with Crippen LogP contribution in [-0.2, 0) is 0 Å². The standard InChI is InChI=1S/C7H5FS/c8-7-3-1-6(5-9)2-4-7/h1-5H. The van der Waals surface area contributed by atoms with Crippen molar-refractivity contribution in [1.82, 2.24) is 0 Å². The van der Waals surface area contributed by atoms with E-state index in [0.29, 0.717) is 0 Å². The highest BCUT2D eigenvalue weighted by Crippen LogP contribution is 1.99. The molecule has 0 N–H and O–H groups in total. The minimum Gasteiger partial charge on any atom is -0.207 e. The second kappa shape index (κ2) is 2.69. The number of halogens is 1. The summed E-state index contributed by atoms with van der Waals surface area (Å²) in [6, 6.07) is 6.06. The third kappa shape index (κ3) is 1.57. The van der Waals surface area contributed by atoms with Crippen molar-refractivity contribution in [2.24, 2.45) is 0 Å². The van der Waals surface area contributed by atoms with Gasteiger partial charge in [0.15, 0.2) is 0 Å². The highest BCUT2D eigenvalue weighted by molar-refractivity contribution is 7.79. The molecule has 1 aromatic rings. The Morgan fingerprint density at radius 2 is 1.78 bits per heavy atom. The van der Waals surface area contributed by atoms with E-state index in [9.17, 15) is 4.39 Å². The molecule has 2 heteroatoms. The van der Waals surface area contributed by atoms with E-state index in [1.54, 1.807) is 12.1 Å². The fourth-order valence-electron chi connectivity index (χ4n) is 0.541. The van der Waals surface area contributed by atoms with Gasteiger partial charge in [0, 0.05) is 5.37 Å². The van der Waals surface area contributed by atoms with Crippen LogP contribution in [0.3, 0.4) is 0 Å². The first-order valence-corrected chi connectivity index (χ1v) is 3.01. The van der Waals surface area contributed by atoms with Gasteiger partial charge in [0.1, 0.15) is 5.82 Å². The number of hydrogen-bond acceptors (Lipinski definition) is 1. The van der Waals surface area contributed by atoms with Crippen molar-refractivity contribution >= 4 is 17.6 Å². The van der Waals surface area contributed by atoms with Gasteiger partial charge in [0.05, 0.1) is 0 Å². The number of thiocarbonyl (C=S) groups is 1. The molecule has 0 bridgehead atoms. The normalized spacial score (nSPS) is 9.00. The molecule has 0 heterocycles. The molecule has 0 atom stereocenters. The van der Waals surface area contributed by atoms with Crippen molar-refractivity contribution in [3.05, 3.63) is 35.6 Å².